The first kappa shape index (κ1) is 14.7. The highest BCUT2D eigenvalue weighted by atomic mass is 32.2. The Hall–Kier alpha value is -0.660. The van der Waals surface area contributed by atoms with Gasteiger partial charge >= 0.3 is 0 Å². The lowest BCUT2D eigenvalue weighted by molar-refractivity contribution is -0.133. The summed E-state index contributed by atoms with van der Waals surface area (Å²) in [5, 5.41) is 12.4. The maximum atomic E-state index is 12.2. The molecule has 19 heavy (non-hydrogen) atoms. The minimum Gasteiger partial charge on any atom is -0.394 e. The van der Waals surface area contributed by atoms with E-state index in [1.807, 2.05) is 6.92 Å². The van der Waals surface area contributed by atoms with E-state index in [0.29, 0.717) is 19.0 Å². The Labute approximate surface area is 114 Å². The van der Waals surface area contributed by atoms with E-state index in [2.05, 4.69) is 5.32 Å². The largest absolute Gasteiger partial charge is 0.394 e. The van der Waals surface area contributed by atoms with Gasteiger partial charge in [0.25, 0.3) is 0 Å². The molecule has 0 aromatic heterocycles. The highest BCUT2D eigenvalue weighted by Gasteiger charge is 2.35. The average molecular weight is 290 g/mol. The molecule has 2 fully saturated rings. The first-order chi connectivity index (χ1) is 8.93. The molecule has 3 atom stereocenters. The van der Waals surface area contributed by atoms with E-state index in [0.717, 1.165) is 6.42 Å². The van der Waals surface area contributed by atoms with Crippen molar-refractivity contribution in [1.82, 2.24) is 10.2 Å². The summed E-state index contributed by atoms with van der Waals surface area (Å²) in [4.78, 5) is 13.9. The second-order valence-electron chi connectivity index (χ2n) is 5.57. The van der Waals surface area contributed by atoms with E-state index in [9.17, 15) is 18.3 Å². The maximum absolute atomic E-state index is 12.2. The SMILES string of the molecule is CC1CCN(C(=O)CC2CS(=O)(=O)CCN2)C1CO. The molecular weight excluding hydrogens is 268 g/mol. The molecule has 2 aliphatic rings. The van der Waals surface area contributed by atoms with Gasteiger partial charge in [-0.2, -0.15) is 0 Å². The Morgan fingerprint density at radius 1 is 1.47 bits per heavy atom. The van der Waals surface area contributed by atoms with Crippen LogP contribution in [0.1, 0.15) is 19.8 Å². The Morgan fingerprint density at radius 2 is 2.21 bits per heavy atom. The summed E-state index contributed by atoms with van der Waals surface area (Å²) in [7, 11) is -3.01. The monoisotopic (exact) mass is 290 g/mol. The zero-order valence-corrected chi connectivity index (χ0v) is 12.0. The van der Waals surface area contributed by atoms with Crippen LogP contribution in [0.3, 0.4) is 0 Å². The summed E-state index contributed by atoms with van der Waals surface area (Å²) in [6.45, 7) is 3.07. The van der Waals surface area contributed by atoms with Gasteiger partial charge in [0, 0.05) is 25.6 Å². The van der Waals surface area contributed by atoms with E-state index < -0.39 is 9.84 Å². The fraction of sp³-hybridized carbons (Fsp3) is 0.917. The highest BCUT2D eigenvalue weighted by molar-refractivity contribution is 7.91. The Kier molecular flexibility index (Phi) is 4.47. The van der Waals surface area contributed by atoms with Crippen molar-refractivity contribution in [3.8, 4) is 0 Å². The topological polar surface area (TPSA) is 86.7 Å². The number of hydrogen-bond donors (Lipinski definition) is 2. The molecule has 0 radical (unpaired) electrons. The predicted molar refractivity (Wildman–Crippen MR) is 71.4 cm³/mol. The van der Waals surface area contributed by atoms with Gasteiger partial charge in [0.05, 0.1) is 24.2 Å². The van der Waals surface area contributed by atoms with Crippen molar-refractivity contribution < 1.29 is 18.3 Å². The summed E-state index contributed by atoms with van der Waals surface area (Å²) in [6.07, 6.45) is 1.09. The second kappa shape index (κ2) is 5.76. The molecule has 1 amide bonds. The number of carbonyl (C=O) groups excluding carboxylic acids is 1. The summed E-state index contributed by atoms with van der Waals surface area (Å²) >= 11 is 0. The fourth-order valence-electron chi connectivity index (χ4n) is 2.92. The number of hydrogen-bond acceptors (Lipinski definition) is 5. The Balaban J connectivity index is 1.94. The minimum absolute atomic E-state index is 0.0245. The van der Waals surface area contributed by atoms with Gasteiger partial charge in [0.2, 0.25) is 5.91 Å². The molecule has 2 saturated heterocycles. The molecule has 2 aliphatic heterocycles. The second-order valence-corrected chi connectivity index (χ2v) is 7.80. The van der Waals surface area contributed by atoms with Crippen molar-refractivity contribution in [2.24, 2.45) is 5.92 Å². The molecule has 2 N–H and O–H groups in total. The molecule has 7 heteroatoms. The number of amides is 1. The lowest BCUT2D eigenvalue weighted by Crippen LogP contribution is -2.49. The summed E-state index contributed by atoms with van der Waals surface area (Å²) in [6, 6.07) is -0.408. The van der Waals surface area contributed by atoms with E-state index in [1.54, 1.807) is 4.90 Å². The van der Waals surface area contributed by atoms with Crippen LogP contribution in [0.15, 0.2) is 0 Å². The number of sulfone groups is 1. The van der Waals surface area contributed by atoms with Gasteiger partial charge in [-0.05, 0) is 12.3 Å². The fourth-order valence-corrected chi connectivity index (χ4v) is 4.37. The first-order valence-corrected chi connectivity index (χ1v) is 8.59. The third kappa shape index (κ3) is 3.46. The Morgan fingerprint density at radius 3 is 2.84 bits per heavy atom. The van der Waals surface area contributed by atoms with Gasteiger partial charge in [-0.15, -0.1) is 0 Å². The first-order valence-electron chi connectivity index (χ1n) is 6.77. The van der Waals surface area contributed by atoms with Crippen LogP contribution in [0.4, 0.5) is 0 Å². The van der Waals surface area contributed by atoms with Crippen LogP contribution in [-0.4, -0.2) is 67.6 Å². The van der Waals surface area contributed by atoms with Crippen LogP contribution >= 0.6 is 0 Å². The van der Waals surface area contributed by atoms with Gasteiger partial charge < -0.3 is 15.3 Å². The van der Waals surface area contributed by atoms with E-state index >= 15 is 0 Å². The van der Waals surface area contributed by atoms with Crippen molar-refractivity contribution in [2.75, 3.05) is 31.2 Å². The number of carbonyl (C=O) groups is 1. The van der Waals surface area contributed by atoms with Gasteiger partial charge in [-0.25, -0.2) is 8.42 Å². The summed E-state index contributed by atoms with van der Waals surface area (Å²) in [5.41, 5.74) is 0. The molecule has 3 unspecified atom stereocenters. The maximum Gasteiger partial charge on any atom is 0.224 e. The van der Waals surface area contributed by atoms with Gasteiger partial charge in [-0.3, -0.25) is 4.79 Å². The molecule has 110 valence electrons. The van der Waals surface area contributed by atoms with Crippen LogP contribution in [-0.2, 0) is 14.6 Å². The van der Waals surface area contributed by atoms with Gasteiger partial charge in [-0.1, -0.05) is 6.92 Å². The molecule has 0 spiro atoms. The average Bonchev–Trinajstić information content (AvgIpc) is 2.69. The van der Waals surface area contributed by atoms with Crippen molar-refractivity contribution in [2.45, 2.75) is 31.8 Å². The molecule has 0 aliphatic carbocycles. The zero-order valence-electron chi connectivity index (χ0n) is 11.2. The lowest BCUT2D eigenvalue weighted by Gasteiger charge is -2.29. The van der Waals surface area contributed by atoms with Crippen molar-refractivity contribution in [3.63, 3.8) is 0 Å². The van der Waals surface area contributed by atoms with Gasteiger partial charge in [0.15, 0.2) is 9.84 Å². The third-order valence-electron chi connectivity index (χ3n) is 4.11. The third-order valence-corrected chi connectivity index (χ3v) is 5.85. The number of aliphatic hydroxyl groups excluding tert-OH is 1. The molecule has 6 nitrogen and oxygen atoms in total. The predicted octanol–water partition coefficient (Wildman–Crippen LogP) is -1.01. The minimum atomic E-state index is -3.01. The number of nitrogens with one attached hydrogen (secondary N) is 1. The smallest absolute Gasteiger partial charge is 0.224 e. The van der Waals surface area contributed by atoms with Gasteiger partial charge in [0.1, 0.15) is 0 Å². The van der Waals surface area contributed by atoms with Crippen LogP contribution in [0, 0.1) is 5.92 Å². The molecule has 0 saturated carbocycles. The van der Waals surface area contributed by atoms with Crippen LogP contribution in [0.2, 0.25) is 0 Å². The van der Waals surface area contributed by atoms with E-state index in [-0.39, 0.29) is 42.5 Å². The molecule has 0 bridgehead atoms. The number of likely N-dealkylation sites (tertiary alicyclic amines) is 1. The number of nitrogens with zero attached hydrogens (tertiary/aromatic N) is 1. The quantitative estimate of drug-likeness (QED) is 0.696. The van der Waals surface area contributed by atoms with Crippen molar-refractivity contribution in [1.29, 1.82) is 0 Å². The Bertz CT molecular complexity index is 437. The van der Waals surface area contributed by atoms with E-state index in [4.69, 9.17) is 0 Å². The highest BCUT2D eigenvalue weighted by Crippen LogP contribution is 2.24. The molecule has 2 heterocycles. The summed E-state index contributed by atoms with van der Waals surface area (Å²) < 4.78 is 23.1. The van der Waals surface area contributed by atoms with Crippen molar-refractivity contribution in [3.05, 3.63) is 0 Å². The van der Waals surface area contributed by atoms with Crippen LogP contribution in [0.25, 0.3) is 0 Å². The lowest BCUT2D eigenvalue weighted by atomic mass is 10.0. The summed E-state index contributed by atoms with van der Waals surface area (Å²) in [5.74, 6) is 0.430. The zero-order chi connectivity index (χ0) is 14.0. The number of rotatable bonds is 3. The number of aliphatic hydroxyl groups is 1. The normalized spacial score (nSPS) is 34.4. The molecule has 2 rings (SSSR count). The van der Waals surface area contributed by atoms with Crippen LogP contribution < -0.4 is 5.32 Å². The molecular formula is C12H22N2O4S. The molecule has 0 aromatic carbocycles. The molecule has 0 aromatic rings. The van der Waals surface area contributed by atoms with E-state index in [1.165, 1.54) is 0 Å². The van der Waals surface area contributed by atoms with Crippen LogP contribution in [0.5, 0.6) is 0 Å². The standard InChI is InChI=1S/C12H22N2O4S/c1-9-2-4-14(11(9)7-15)12(16)6-10-8-19(17,18)5-3-13-10/h9-11,13,15H,2-8H2,1H3. The van der Waals surface area contributed by atoms with Crippen molar-refractivity contribution >= 4 is 15.7 Å².